The van der Waals surface area contributed by atoms with Gasteiger partial charge < -0.3 is 9.84 Å². The average molecular weight is 331 g/mol. The molecule has 2 aromatic carbocycles. The Labute approximate surface area is 141 Å². The number of halogens is 1. The van der Waals surface area contributed by atoms with Gasteiger partial charge in [-0.2, -0.15) is 0 Å². The van der Waals surface area contributed by atoms with E-state index in [1.165, 1.54) is 25.3 Å². The highest BCUT2D eigenvalue weighted by Gasteiger charge is 2.19. The van der Waals surface area contributed by atoms with Crippen LogP contribution in [-0.4, -0.2) is 36.7 Å². The number of nitrogens with zero attached hydrogens (tertiary/aromatic N) is 1. The second kappa shape index (κ2) is 8.57. The summed E-state index contributed by atoms with van der Waals surface area (Å²) in [6, 6.07) is 13.9. The SMILES string of the molecule is COC(=O)c1ccc(F)c(CN(C)C(CCO)c2ccccc2)c1. The minimum atomic E-state index is -0.492. The van der Waals surface area contributed by atoms with Gasteiger partial charge in [-0.25, -0.2) is 9.18 Å². The highest BCUT2D eigenvalue weighted by atomic mass is 19.1. The van der Waals surface area contributed by atoms with E-state index in [4.69, 9.17) is 0 Å². The molecule has 0 aliphatic carbocycles. The van der Waals surface area contributed by atoms with Crippen LogP contribution in [0.3, 0.4) is 0 Å². The fourth-order valence-corrected chi connectivity index (χ4v) is 2.76. The molecule has 0 radical (unpaired) electrons. The second-order valence-corrected chi connectivity index (χ2v) is 5.65. The van der Waals surface area contributed by atoms with Crippen molar-refractivity contribution >= 4 is 5.97 Å². The van der Waals surface area contributed by atoms with Crippen molar-refractivity contribution in [1.82, 2.24) is 4.90 Å². The van der Waals surface area contributed by atoms with Crippen molar-refractivity contribution in [3.8, 4) is 0 Å². The number of rotatable bonds is 7. The predicted octanol–water partition coefficient (Wildman–Crippen LogP) is 3.17. The number of hydrogen-bond donors (Lipinski definition) is 1. The van der Waals surface area contributed by atoms with Gasteiger partial charge in [0.2, 0.25) is 0 Å². The Morgan fingerprint density at radius 2 is 1.96 bits per heavy atom. The van der Waals surface area contributed by atoms with Crippen LogP contribution < -0.4 is 0 Å². The van der Waals surface area contributed by atoms with Crippen LogP contribution in [0.25, 0.3) is 0 Å². The average Bonchev–Trinajstić information content (AvgIpc) is 2.61. The Kier molecular flexibility index (Phi) is 6.46. The monoisotopic (exact) mass is 331 g/mol. The molecule has 0 fully saturated rings. The standard InChI is InChI=1S/C19H22FNO3/c1-21(18(10-11-22)14-6-4-3-5-7-14)13-16-12-15(19(23)24-2)8-9-17(16)20/h3-9,12,18,22H,10-11,13H2,1-2H3. The summed E-state index contributed by atoms with van der Waals surface area (Å²) in [5, 5.41) is 9.35. The molecule has 0 bridgehead atoms. The molecule has 0 aliphatic heterocycles. The van der Waals surface area contributed by atoms with Gasteiger partial charge in [0.25, 0.3) is 0 Å². The molecule has 0 aromatic heterocycles. The highest BCUT2D eigenvalue weighted by Crippen LogP contribution is 2.25. The number of benzene rings is 2. The second-order valence-electron chi connectivity index (χ2n) is 5.65. The van der Waals surface area contributed by atoms with Gasteiger partial charge in [0.1, 0.15) is 5.82 Å². The normalized spacial score (nSPS) is 12.2. The van der Waals surface area contributed by atoms with Gasteiger partial charge >= 0.3 is 5.97 Å². The van der Waals surface area contributed by atoms with E-state index in [0.29, 0.717) is 24.1 Å². The van der Waals surface area contributed by atoms with Crippen molar-refractivity contribution in [1.29, 1.82) is 0 Å². The van der Waals surface area contributed by atoms with E-state index in [9.17, 15) is 14.3 Å². The Bertz CT molecular complexity index is 676. The van der Waals surface area contributed by atoms with Gasteiger partial charge in [0.15, 0.2) is 0 Å². The number of aliphatic hydroxyl groups is 1. The Morgan fingerprint density at radius 1 is 1.25 bits per heavy atom. The fourth-order valence-electron chi connectivity index (χ4n) is 2.76. The summed E-state index contributed by atoms with van der Waals surface area (Å²) in [5.74, 6) is -0.862. The number of methoxy groups -OCH3 is 1. The van der Waals surface area contributed by atoms with Crippen LogP contribution in [0, 0.1) is 5.82 Å². The Balaban J connectivity index is 2.23. The summed E-state index contributed by atoms with van der Waals surface area (Å²) in [6.07, 6.45) is 0.541. The molecule has 0 spiro atoms. The van der Waals surface area contributed by atoms with Gasteiger partial charge in [-0.15, -0.1) is 0 Å². The number of esters is 1. The maximum atomic E-state index is 14.1. The molecule has 128 valence electrons. The topological polar surface area (TPSA) is 49.8 Å². The molecule has 2 aromatic rings. The van der Waals surface area contributed by atoms with Gasteiger partial charge in [-0.3, -0.25) is 4.90 Å². The van der Waals surface area contributed by atoms with Crippen LogP contribution in [0.15, 0.2) is 48.5 Å². The summed E-state index contributed by atoms with van der Waals surface area (Å²) in [4.78, 5) is 13.6. The lowest BCUT2D eigenvalue weighted by Crippen LogP contribution is -2.25. The first-order valence-corrected chi connectivity index (χ1v) is 7.79. The first-order valence-electron chi connectivity index (χ1n) is 7.79. The maximum Gasteiger partial charge on any atom is 0.337 e. The summed E-state index contributed by atoms with van der Waals surface area (Å²) in [7, 11) is 3.17. The zero-order valence-corrected chi connectivity index (χ0v) is 13.9. The van der Waals surface area contributed by atoms with E-state index in [1.54, 1.807) is 0 Å². The number of hydrogen-bond acceptors (Lipinski definition) is 4. The third kappa shape index (κ3) is 4.40. The first kappa shape index (κ1) is 18.1. The minimum Gasteiger partial charge on any atom is -0.465 e. The van der Waals surface area contributed by atoms with E-state index in [-0.39, 0.29) is 18.5 Å². The molecule has 0 heterocycles. The molecule has 4 nitrogen and oxygen atoms in total. The van der Waals surface area contributed by atoms with E-state index in [0.717, 1.165) is 5.56 Å². The Morgan fingerprint density at radius 3 is 2.58 bits per heavy atom. The Hall–Kier alpha value is -2.24. The lowest BCUT2D eigenvalue weighted by Gasteiger charge is -2.28. The largest absolute Gasteiger partial charge is 0.465 e. The molecule has 0 saturated heterocycles. The van der Waals surface area contributed by atoms with Crippen LogP contribution in [0.2, 0.25) is 0 Å². The van der Waals surface area contributed by atoms with Crippen LogP contribution in [0.1, 0.15) is 33.9 Å². The van der Waals surface area contributed by atoms with Crippen molar-refractivity contribution in [3.05, 3.63) is 71.0 Å². The quantitative estimate of drug-likeness (QED) is 0.792. The molecule has 2 rings (SSSR count). The molecule has 1 N–H and O–H groups in total. The molecule has 1 atom stereocenters. The molecule has 0 saturated carbocycles. The molecule has 1 unspecified atom stereocenters. The fraction of sp³-hybridized carbons (Fsp3) is 0.316. The summed E-state index contributed by atoms with van der Waals surface area (Å²) in [6.45, 7) is 0.352. The third-order valence-corrected chi connectivity index (χ3v) is 4.01. The number of carbonyl (C=O) groups excluding carboxylic acids is 1. The molecule has 24 heavy (non-hydrogen) atoms. The maximum absolute atomic E-state index is 14.1. The van der Waals surface area contributed by atoms with Gasteiger partial charge in [0.05, 0.1) is 12.7 Å². The zero-order valence-electron chi connectivity index (χ0n) is 13.9. The number of aliphatic hydroxyl groups excluding tert-OH is 1. The molecular weight excluding hydrogens is 309 g/mol. The summed E-state index contributed by atoms with van der Waals surface area (Å²) >= 11 is 0. The van der Waals surface area contributed by atoms with E-state index >= 15 is 0 Å². The number of ether oxygens (including phenoxy) is 1. The van der Waals surface area contributed by atoms with E-state index < -0.39 is 5.97 Å². The van der Waals surface area contributed by atoms with Crippen molar-refractivity contribution in [2.75, 3.05) is 20.8 Å². The zero-order chi connectivity index (χ0) is 17.5. The number of carbonyl (C=O) groups is 1. The lowest BCUT2D eigenvalue weighted by atomic mass is 10.0. The van der Waals surface area contributed by atoms with Gasteiger partial charge in [-0.05, 0) is 37.2 Å². The van der Waals surface area contributed by atoms with Crippen molar-refractivity contribution < 1.29 is 19.0 Å². The highest BCUT2D eigenvalue weighted by molar-refractivity contribution is 5.89. The molecule has 5 heteroatoms. The smallest absolute Gasteiger partial charge is 0.337 e. The summed E-state index contributed by atoms with van der Waals surface area (Å²) < 4.78 is 18.8. The molecule has 0 amide bonds. The first-order chi connectivity index (χ1) is 11.6. The lowest BCUT2D eigenvalue weighted by molar-refractivity contribution is 0.0600. The summed E-state index contributed by atoms with van der Waals surface area (Å²) in [5.41, 5.74) is 1.79. The predicted molar refractivity (Wildman–Crippen MR) is 90.1 cm³/mol. The van der Waals surface area contributed by atoms with E-state index in [2.05, 4.69) is 4.74 Å². The van der Waals surface area contributed by atoms with Gasteiger partial charge in [-0.1, -0.05) is 30.3 Å². The van der Waals surface area contributed by atoms with Crippen molar-refractivity contribution in [2.45, 2.75) is 19.0 Å². The van der Waals surface area contributed by atoms with Crippen LogP contribution in [0.5, 0.6) is 0 Å². The molecular formula is C19H22FNO3. The third-order valence-electron chi connectivity index (χ3n) is 4.01. The van der Waals surface area contributed by atoms with Crippen LogP contribution in [-0.2, 0) is 11.3 Å². The van der Waals surface area contributed by atoms with Crippen LogP contribution in [0.4, 0.5) is 4.39 Å². The van der Waals surface area contributed by atoms with Crippen LogP contribution >= 0.6 is 0 Å². The van der Waals surface area contributed by atoms with Crippen molar-refractivity contribution in [3.63, 3.8) is 0 Å². The minimum absolute atomic E-state index is 0.0363. The van der Waals surface area contributed by atoms with E-state index in [1.807, 2.05) is 42.3 Å². The molecule has 0 aliphatic rings. The van der Waals surface area contributed by atoms with Crippen molar-refractivity contribution in [2.24, 2.45) is 0 Å². The van der Waals surface area contributed by atoms with Gasteiger partial charge in [0, 0.05) is 24.8 Å².